The second-order valence-electron chi connectivity index (χ2n) is 5.79. The summed E-state index contributed by atoms with van der Waals surface area (Å²) in [5, 5.41) is 8.75. The van der Waals surface area contributed by atoms with E-state index in [2.05, 4.69) is 20.4 Å². The summed E-state index contributed by atoms with van der Waals surface area (Å²) in [5.41, 5.74) is 6.92. The van der Waals surface area contributed by atoms with E-state index in [4.69, 9.17) is 10.3 Å². The molecule has 3 heterocycles. The van der Waals surface area contributed by atoms with E-state index >= 15 is 0 Å². The van der Waals surface area contributed by atoms with Gasteiger partial charge in [0.15, 0.2) is 5.82 Å². The van der Waals surface area contributed by atoms with E-state index in [1.807, 2.05) is 11.4 Å². The standard InChI is InChI=1S/C16H15N5O2S/c17-16(5-1-6-16)15-20-14(23-21-15)12-11(4-9-24-12)19-13(22)10-2-7-18-8-3-10/h2-4,7-9H,1,5-6,17H2,(H,19,22). The first-order valence-corrected chi connectivity index (χ1v) is 8.46. The van der Waals surface area contributed by atoms with Crippen molar-refractivity contribution in [1.29, 1.82) is 0 Å². The molecule has 0 aliphatic heterocycles. The molecule has 7 nitrogen and oxygen atoms in total. The van der Waals surface area contributed by atoms with Gasteiger partial charge in [-0.15, -0.1) is 11.3 Å². The van der Waals surface area contributed by atoms with Crippen molar-refractivity contribution in [1.82, 2.24) is 15.1 Å². The fourth-order valence-electron chi connectivity index (χ4n) is 2.57. The second-order valence-corrected chi connectivity index (χ2v) is 6.70. The van der Waals surface area contributed by atoms with Gasteiger partial charge < -0.3 is 15.6 Å². The van der Waals surface area contributed by atoms with Crippen molar-refractivity contribution in [3.63, 3.8) is 0 Å². The van der Waals surface area contributed by atoms with Crippen LogP contribution < -0.4 is 11.1 Å². The highest BCUT2D eigenvalue weighted by Gasteiger charge is 2.39. The Hall–Kier alpha value is -2.58. The van der Waals surface area contributed by atoms with Gasteiger partial charge in [-0.25, -0.2) is 0 Å². The fourth-order valence-corrected chi connectivity index (χ4v) is 3.34. The lowest BCUT2D eigenvalue weighted by Gasteiger charge is -2.34. The summed E-state index contributed by atoms with van der Waals surface area (Å²) in [4.78, 5) is 21.4. The van der Waals surface area contributed by atoms with Crippen LogP contribution in [0.1, 0.15) is 35.4 Å². The predicted octanol–water partition coefficient (Wildman–Crippen LogP) is 2.78. The van der Waals surface area contributed by atoms with Crippen LogP contribution in [-0.4, -0.2) is 21.0 Å². The Morgan fingerprint density at radius 1 is 1.29 bits per heavy atom. The second kappa shape index (κ2) is 5.81. The van der Waals surface area contributed by atoms with E-state index < -0.39 is 5.54 Å². The van der Waals surface area contributed by atoms with Gasteiger partial charge in [0.25, 0.3) is 11.8 Å². The summed E-state index contributed by atoms with van der Waals surface area (Å²) in [6.45, 7) is 0. The van der Waals surface area contributed by atoms with Crippen LogP contribution in [0, 0.1) is 0 Å². The van der Waals surface area contributed by atoms with Gasteiger partial charge >= 0.3 is 0 Å². The highest BCUT2D eigenvalue weighted by molar-refractivity contribution is 7.14. The van der Waals surface area contributed by atoms with Gasteiger partial charge in [0.2, 0.25) is 0 Å². The number of aromatic nitrogens is 3. The molecule has 8 heteroatoms. The molecule has 0 atom stereocenters. The van der Waals surface area contributed by atoms with Gasteiger partial charge in [0.05, 0.1) is 11.2 Å². The highest BCUT2D eigenvalue weighted by Crippen LogP contribution is 2.39. The molecular formula is C16H15N5O2S. The Labute approximate surface area is 141 Å². The third kappa shape index (κ3) is 2.59. The minimum atomic E-state index is -0.473. The lowest BCUT2D eigenvalue weighted by molar-refractivity contribution is 0.102. The first-order chi connectivity index (χ1) is 11.7. The SMILES string of the molecule is NC1(c2noc(-c3sccc3NC(=O)c3ccncc3)n2)CCC1. The van der Waals surface area contributed by atoms with Crippen LogP contribution in [0.3, 0.4) is 0 Å². The Balaban J connectivity index is 1.58. The number of amides is 1. The number of nitrogens with two attached hydrogens (primary N) is 1. The smallest absolute Gasteiger partial charge is 0.270 e. The minimum absolute atomic E-state index is 0.217. The number of hydrogen-bond acceptors (Lipinski definition) is 7. The predicted molar refractivity (Wildman–Crippen MR) is 89.5 cm³/mol. The van der Waals surface area contributed by atoms with Gasteiger partial charge in [0.1, 0.15) is 4.88 Å². The molecule has 122 valence electrons. The Kier molecular flexibility index (Phi) is 3.62. The van der Waals surface area contributed by atoms with Crippen molar-refractivity contribution in [3.8, 4) is 10.8 Å². The first kappa shape index (κ1) is 15.0. The van der Waals surface area contributed by atoms with Gasteiger partial charge in [-0.2, -0.15) is 4.98 Å². The van der Waals surface area contributed by atoms with Crippen molar-refractivity contribution >= 4 is 22.9 Å². The molecule has 0 aromatic carbocycles. The lowest BCUT2D eigenvalue weighted by atomic mass is 9.77. The third-order valence-corrected chi connectivity index (χ3v) is 5.07. The molecule has 0 unspecified atom stereocenters. The number of carbonyl (C=O) groups is 1. The number of hydrogen-bond donors (Lipinski definition) is 2. The average Bonchev–Trinajstić information content (AvgIpc) is 3.22. The first-order valence-electron chi connectivity index (χ1n) is 7.58. The lowest BCUT2D eigenvalue weighted by Crippen LogP contribution is -2.44. The molecule has 0 saturated heterocycles. The molecule has 0 radical (unpaired) electrons. The number of thiophene rings is 1. The zero-order chi connectivity index (χ0) is 16.6. The number of carbonyl (C=O) groups excluding carboxylic acids is 1. The minimum Gasteiger partial charge on any atom is -0.333 e. The topological polar surface area (TPSA) is 107 Å². The molecule has 0 bridgehead atoms. The summed E-state index contributed by atoms with van der Waals surface area (Å²) in [7, 11) is 0. The zero-order valence-electron chi connectivity index (χ0n) is 12.7. The molecule has 3 N–H and O–H groups in total. The molecule has 4 rings (SSSR count). The number of anilines is 1. The van der Waals surface area contributed by atoms with E-state index in [-0.39, 0.29) is 5.91 Å². The van der Waals surface area contributed by atoms with Crippen LogP contribution in [0.25, 0.3) is 10.8 Å². The van der Waals surface area contributed by atoms with Gasteiger partial charge in [0, 0.05) is 18.0 Å². The quantitative estimate of drug-likeness (QED) is 0.755. The van der Waals surface area contributed by atoms with Crippen LogP contribution in [0.4, 0.5) is 5.69 Å². The van der Waals surface area contributed by atoms with E-state index in [0.29, 0.717) is 23.0 Å². The number of rotatable bonds is 4. The van der Waals surface area contributed by atoms with Gasteiger partial charge in [-0.1, -0.05) is 5.16 Å². The number of nitrogens with zero attached hydrogens (tertiary/aromatic N) is 3. The maximum atomic E-state index is 12.3. The van der Waals surface area contributed by atoms with Crippen LogP contribution in [-0.2, 0) is 5.54 Å². The molecule has 3 aromatic rings. The van der Waals surface area contributed by atoms with Crippen molar-refractivity contribution in [2.75, 3.05) is 5.32 Å². The van der Waals surface area contributed by atoms with Crippen molar-refractivity contribution in [2.45, 2.75) is 24.8 Å². The largest absolute Gasteiger partial charge is 0.333 e. The normalized spacial score (nSPS) is 15.7. The van der Waals surface area contributed by atoms with Crippen molar-refractivity contribution < 1.29 is 9.32 Å². The summed E-state index contributed by atoms with van der Waals surface area (Å²) in [5.74, 6) is 0.691. The van der Waals surface area contributed by atoms with Crippen molar-refractivity contribution in [2.24, 2.45) is 5.73 Å². The molecule has 1 aliphatic carbocycles. The molecular weight excluding hydrogens is 326 g/mol. The Bertz CT molecular complexity index is 869. The Morgan fingerprint density at radius 2 is 2.08 bits per heavy atom. The molecule has 0 spiro atoms. The molecule has 1 amide bonds. The monoisotopic (exact) mass is 341 g/mol. The van der Waals surface area contributed by atoms with Crippen LogP contribution in [0.15, 0.2) is 40.5 Å². The summed E-state index contributed by atoms with van der Waals surface area (Å²) >= 11 is 1.43. The van der Waals surface area contributed by atoms with E-state index in [1.165, 1.54) is 11.3 Å². The van der Waals surface area contributed by atoms with Crippen LogP contribution >= 0.6 is 11.3 Å². The maximum Gasteiger partial charge on any atom is 0.270 e. The van der Waals surface area contributed by atoms with Gasteiger partial charge in [-0.05, 0) is 42.8 Å². The average molecular weight is 341 g/mol. The molecule has 24 heavy (non-hydrogen) atoms. The summed E-state index contributed by atoms with van der Waals surface area (Å²) < 4.78 is 5.37. The Morgan fingerprint density at radius 3 is 2.79 bits per heavy atom. The molecule has 1 fully saturated rings. The maximum absolute atomic E-state index is 12.3. The van der Waals surface area contributed by atoms with Gasteiger partial charge in [-0.3, -0.25) is 9.78 Å². The number of pyridine rings is 1. The molecule has 1 saturated carbocycles. The fraction of sp³-hybridized carbons (Fsp3) is 0.250. The number of nitrogens with one attached hydrogen (secondary N) is 1. The van der Waals surface area contributed by atoms with E-state index in [0.717, 1.165) is 24.1 Å². The summed E-state index contributed by atoms with van der Waals surface area (Å²) in [6, 6.07) is 5.12. The summed E-state index contributed by atoms with van der Waals surface area (Å²) in [6.07, 6.45) is 5.96. The molecule has 3 aromatic heterocycles. The van der Waals surface area contributed by atoms with E-state index in [9.17, 15) is 4.79 Å². The van der Waals surface area contributed by atoms with Crippen LogP contribution in [0.2, 0.25) is 0 Å². The molecule has 1 aliphatic rings. The highest BCUT2D eigenvalue weighted by atomic mass is 32.1. The van der Waals surface area contributed by atoms with Crippen LogP contribution in [0.5, 0.6) is 0 Å². The van der Waals surface area contributed by atoms with Crippen molar-refractivity contribution in [3.05, 3.63) is 47.4 Å². The zero-order valence-corrected chi connectivity index (χ0v) is 13.5. The van der Waals surface area contributed by atoms with E-state index in [1.54, 1.807) is 24.5 Å². The third-order valence-electron chi connectivity index (χ3n) is 4.17.